The fourth-order valence-corrected chi connectivity index (χ4v) is 2.85. The number of halogens is 1. The predicted molar refractivity (Wildman–Crippen MR) is 120 cm³/mol. The second-order valence-electron chi connectivity index (χ2n) is 6.28. The summed E-state index contributed by atoms with van der Waals surface area (Å²) in [7, 11) is 3.24. The van der Waals surface area contributed by atoms with E-state index in [1.807, 2.05) is 60.7 Å². The number of hydrazone groups is 1. The van der Waals surface area contributed by atoms with Crippen LogP contribution < -0.4 is 14.9 Å². The van der Waals surface area contributed by atoms with E-state index in [2.05, 4.69) is 10.5 Å². The number of carbonyl (C=O) groups is 1. The van der Waals surface area contributed by atoms with Crippen LogP contribution in [0.15, 0.2) is 84.0 Å². The lowest BCUT2D eigenvalue weighted by molar-refractivity contribution is 0.0955. The normalized spacial score (nSPS) is 11.4. The minimum absolute atomic E-state index is 0.346. The summed E-state index contributed by atoms with van der Waals surface area (Å²) >= 11 is 5.97. The van der Waals surface area contributed by atoms with Gasteiger partial charge in [0.2, 0.25) is 0 Å². The Hall–Kier alpha value is -3.57. The first-order chi connectivity index (χ1) is 14.6. The first kappa shape index (κ1) is 21.1. The Morgan fingerprint density at radius 1 is 0.900 bits per heavy atom. The van der Waals surface area contributed by atoms with Gasteiger partial charge in [0, 0.05) is 16.1 Å². The molecule has 0 aromatic heterocycles. The molecule has 6 heteroatoms. The van der Waals surface area contributed by atoms with Gasteiger partial charge in [-0.05, 0) is 66.2 Å². The van der Waals surface area contributed by atoms with Crippen LogP contribution in [0.3, 0.4) is 0 Å². The Balaban J connectivity index is 1.86. The second-order valence-corrected chi connectivity index (χ2v) is 6.72. The molecule has 3 rings (SSSR count). The minimum Gasteiger partial charge on any atom is -0.497 e. The maximum absolute atomic E-state index is 12.4. The van der Waals surface area contributed by atoms with Gasteiger partial charge < -0.3 is 9.47 Å². The van der Waals surface area contributed by atoms with Gasteiger partial charge in [-0.1, -0.05) is 35.9 Å². The van der Waals surface area contributed by atoms with Gasteiger partial charge in [0.15, 0.2) is 0 Å². The number of ether oxygens (including phenoxy) is 2. The van der Waals surface area contributed by atoms with E-state index in [0.29, 0.717) is 16.3 Å². The van der Waals surface area contributed by atoms with Crippen LogP contribution in [0.1, 0.15) is 21.5 Å². The van der Waals surface area contributed by atoms with E-state index in [1.165, 1.54) is 0 Å². The van der Waals surface area contributed by atoms with Crippen molar-refractivity contribution in [2.75, 3.05) is 14.2 Å². The molecule has 0 heterocycles. The van der Waals surface area contributed by atoms with E-state index in [9.17, 15) is 4.79 Å². The van der Waals surface area contributed by atoms with E-state index in [1.54, 1.807) is 38.5 Å². The first-order valence-corrected chi connectivity index (χ1v) is 9.57. The zero-order valence-corrected chi connectivity index (χ0v) is 17.4. The molecular weight excluding hydrogens is 400 g/mol. The monoisotopic (exact) mass is 420 g/mol. The molecule has 0 bridgehead atoms. The van der Waals surface area contributed by atoms with Crippen LogP contribution in [0.4, 0.5) is 0 Å². The van der Waals surface area contributed by atoms with Crippen molar-refractivity contribution < 1.29 is 14.3 Å². The van der Waals surface area contributed by atoms with Gasteiger partial charge in [-0.2, -0.15) is 5.10 Å². The molecule has 0 radical (unpaired) electrons. The van der Waals surface area contributed by atoms with Crippen molar-refractivity contribution in [3.8, 4) is 11.5 Å². The highest BCUT2D eigenvalue weighted by molar-refractivity contribution is 6.31. The predicted octanol–water partition coefficient (Wildman–Crippen LogP) is 5.20. The molecule has 3 aromatic carbocycles. The molecule has 0 aliphatic heterocycles. The minimum atomic E-state index is -0.346. The lowest BCUT2D eigenvalue weighted by Gasteiger charge is -2.06. The third kappa shape index (κ3) is 5.72. The van der Waals surface area contributed by atoms with Crippen LogP contribution in [0, 0.1) is 0 Å². The Morgan fingerprint density at radius 2 is 1.53 bits per heavy atom. The molecule has 0 fully saturated rings. The Kier molecular flexibility index (Phi) is 7.24. The summed E-state index contributed by atoms with van der Waals surface area (Å²) in [6.45, 7) is 0. The summed E-state index contributed by atoms with van der Waals surface area (Å²) in [4.78, 5) is 12.4. The number of nitrogens with one attached hydrogen (secondary N) is 1. The van der Waals surface area contributed by atoms with Gasteiger partial charge in [-0.3, -0.25) is 4.79 Å². The van der Waals surface area contributed by atoms with Gasteiger partial charge >= 0.3 is 0 Å². The lowest BCUT2D eigenvalue weighted by atomic mass is 10.1. The highest BCUT2D eigenvalue weighted by Crippen LogP contribution is 2.16. The van der Waals surface area contributed by atoms with Gasteiger partial charge in [0.05, 0.1) is 19.9 Å². The first-order valence-electron chi connectivity index (χ1n) is 9.19. The van der Waals surface area contributed by atoms with Crippen LogP contribution >= 0.6 is 11.6 Å². The quantitative estimate of drug-likeness (QED) is 0.422. The van der Waals surface area contributed by atoms with Crippen LogP contribution in [0.25, 0.3) is 6.08 Å². The number of rotatable bonds is 7. The Bertz CT molecular complexity index is 1060. The number of carbonyl (C=O) groups excluding carboxylic acids is 1. The zero-order valence-electron chi connectivity index (χ0n) is 16.6. The molecule has 0 unspecified atom stereocenters. The van der Waals surface area contributed by atoms with Crippen molar-refractivity contribution in [2.24, 2.45) is 5.10 Å². The summed E-state index contributed by atoms with van der Waals surface area (Å²) in [5, 5.41) is 4.81. The van der Waals surface area contributed by atoms with E-state index in [0.717, 1.165) is 22.6 Å². The number of amides is 1. The number of methoxy groups -OCH3 is 2. The molecule has 1 N–H and O–H groups in total. The molecule has 5 nitrogen and oxygen atoms in total. The number of benzene rings is 3. The van der Waals surface area contributed by atoms with Crippen molar-refractivity contribution in [1.82, 2.24) is 5.43 Å². The largest absolute Gasteiger partial charge is 0.497 e. The summed E-state index contributed by atoms with van der Waals surface area (Å²) in [6.07, 6.45) is 3.75. The molecular formula is C24H21ClN2O3. The maximum Gasteiger partial charge on any atom is 0.271 e. The highest BCUT2D eigenvalue weighted by Gasteiger charge is 2.07. The number of allylic oxidation sites excluding steroid dienone is 1. The molecule has 0 saturated heterocycles. The SMILES string of the molecule is COc1ccc(/C=C/C(=N/NC(=O)c2cccc(Cl)c2)c2ccc(OC)cc2)cc1. The zero-order chi connectivity index (χ0) is 21.3. The molecule has 1 amide bonds. The molecule has 0 spiro atoms. The Labute approximate surface area is 180 Å². The molecule has 0 saturated carbocycles. The van der Waals surface area contributed by atoms with Crippen molar-refractivity contribution in [1.29, 1.82) is 0 Å². The van der Waals surface area contributed by atoms with Gasteiger partial charge in [0.1, 0.15) is 11.5 Å². The number of hydrogen-bond acceptors (Lipinski definition) is 4. The van der Waals surface area contributed by atoms with Crippen LogP contribution in [0.2, 0.25) is 5.02 Å². The van der Waals surface area contributed by atoms with Gasteiger partial charge in [0.25, 0.3) is 5.91 Å². The van der Waals surface area contributed by atoms with Gasteiger partial charge in [-0.15, -0.1) is 0 Å². The summed E-state index contributed by atoms with van der Waals surface area (Å²) < 4.78 is 10.4. The smallest absolute Gasteiger partial charge is 0.271 e. The molecule has 30 heavy (non-hydrogen) atoms. The van der Waals surface area contributed by atoms with Crippen LogP contribution in [-0.2, 0) is 0 Å². The molecule has 0 aliphatic rings. The summed E-state index contributed by atoms with van der Waals surface area (Å²) in [5.74, 6) is 1.17. The van der Waals surface area contributed by atoms with E-state index in [-0.39, 0.29) is 5.91 Å². The van der Waals surface area contributed by atoms with Crippen molar-refractivity contribution in [3.05, 3.63) is 101 Å². The van der Waals surface area contributed by atoms with E-state index < -0.39 is 0 Å². The van der Waals surface area contributed by atoms with Crippen molar-refractivity contribution >= 4 is 29.3 Å². The molecule has 0 aliphatic carbocycles. The average molecular weight is 421 g/mol. The topological polar surface area (TPSA) is 59.9 Å². The van der Waals surface area contributed by atoms with Crippen molar-refractivity contribution in [3.63, 3.8) is 0 Å². The maximum atomic E-state index is 12.4. The average Bonchev–Trinajstić information content (AvgIpc) is 2.79. The highest BCUT2D eigenvalue weighted by atomic mass is 35.5. The van der Waals surface area contributed by atoms with Crippen molar-refractivity contribution in [2.45, 2.75) is 0 Å². The number of hydrogen-bond donors (Lipinski definition) is 1. The lowest BCUT2D eigenvalue weighted by Crippen LogP contribution is -2.19. The Morgan fingerprint density at radius 3 is 2.13 bits per heavy atom. The third-order valence-electron chi connectivity index (χ3n) is 4.30. The van der Waals surface area contributed by atoms with Crippen LogP contribution in [0.5, 0.6) is 11.5 Å². The fraction of sp³-hybridized carbons (Fsp3) is 0.0833. The van der Waals surface area contributed by atoms with E-state index >= 15 is 0 Å². The third-order valence-corrected chi connectivity index (χ3v) is 4.54. The number of nitrogens with zero attached hydrogens (tertiary/aromatic N) is 1. The molecule has 152 valence electrons. The fourth-order valence-electron chi connectivity index (χ4n) is 2.66. The molecule has 0 atom stereocenters. The second kappa shape index (κ2) is 10.3. The molecule has 3 aromatic rings. The summed E-state index contributed by atoms with van der Waals surface area (Å²) in [6, 6.07) is 21.8. The summed E-state index contributed by atoms with van der Waals surface area (Å²) in [5.41, 5.74) is 5.41. The standard InChI is InChI=1S/C24H21ClN2O3/c1-29-21-11-6-17(7-12-21)8-15-23(18-9-13-22(30-2)14-10-18)26-27-24(28)19-4-3-5-20(25)16-19/h3-16H,1-2H3,(H,27,28)/b15-8+,26-23-. The van der Waals surface area contributed by atoms with Crippen LogP contribution in [-0.4, -0.2) is 25.8 Å². The van der Waals surface area contributed by atoms with Gasteiger partial charge in [-0.25, -0.2) is 5.43 Å². The van der Waals surface area contributed by atoms with E-state index in [4.69, 9.17) is 21.1 Å².